The van der Waals surface area contributed by atoms with Crippen molar-refractivity contribution in [2.75, 3.05) is 32.1 Å². The monoisotopic (exact) mass is 448 g/mol. The Kier molecular flexibility index (Phi) is 7.35. The average Bonchev–Trinajstić information content (AvgIpc) is 3.17. The van der Waals surface area contributed by atoms with E-state index in [4.69, 9.17) is 31.0 Å². The summed E-state index contributed by atoms with van der Waals surface area (Å²) in [6.45, 7) is 6.89. The van der Waals surface area contributed by atoms with Gasteiger partial charge in [-0.1, -0.05) is 25.4 Å². The van der Waals surface area contributed by atoms with Crippen molar-refractivity contribution in [3.63, 3.8) is 0 Å². The number of nitrogens with one attached hydrogen (secondary N) is 2. The third-order valence-corrected chi connectivity index (χ3v) is 5.83. The van der Waals surface area contributed by atoms with E-state index < -0.39 is 17.6 Å². The predicted molar refractivity (Wildman–Crippen MR) is 120 cm³/mol. The van der Waals surface area contributed by atoms with E-state index in [0.29, 0.717) is 54.0 Å². The number of hydrogen-bond donors (Lipinski definition) is 3. The third-order valence-electron chi connectivity index (χ3n) is 5.52. The van der Waals surface area contributed by atoms with Gasteiger partial charge >= 0.3 is 5.97 Å². The first kappa shape index (κ1) is 23.2. The van der Waals surface area contributed by atoms with Crippen molar-refractivity contribution >= 4 is 23.4 Å². The molecular weight excluding hydrogens is 420 g/mol. The van der Waals surface area contributed by atoms with Crippen LogP contribution in [0.1, 0.15) is 32.2 Å². The van der Waals surface area contributed by atoms with E-state index in [2.05, 4.69) is 10.6 Å². The maximum atomic E-state index is 12.3. The predicted octanol–water partition coefficient (Wildman–Crippen LogP) is 3.17. The Bertz CT molecular complexity index is 955. The molecule has 1 aromatic heterocycles. The summed E-state index contributed by atoms with van der Waals surface area (Å²) in [5.74, 6) is 0.136. The van der Waals surface area contributed by atoms with E-state index >= 15 is 0 Å². The molecular formula is C22H29ClN4O4. The van der Waals surface area contributed by atoms with E-state index in [1.807, 2.05) is 32.9 Å². The van der Waals surface area contributed by atoms with Gasteiger partial charge < -0.3 is 25.2 Å². The van der Waals surface area contributed by atoms with Crippen molar-refractivity contribution in [3.05, 3.63) is 34.6 Å². The van der Waals surface area contributed by atoms with Gasteiger partial charge in [0.1, 0.15) is 17.7 Å². The normalized spacial score (nSPS) is 20.6. The molecule has 0 amide bonds. The Morgan fingerprint density at radius 1 is 1.29 bits per heavy atom. The molecule has 0 unspecified atom stereocenters. The zero-order valence-corrected chi connectivity index (χ0v) is 19.0. The van der Waals surface area contributed by atoms with Gasteiger partial charge in [-0.25, -0.2) is 14.8 Å². The van der Waals surface area contributed by atoms with Crippen molar-refractivity contribution in [2.24, 2.45) is 0 Å². The molecule has 3 rings (SSSR count). The van der Waals surface area contributed by atoms with Gasteiger partial charge in [0.25, 0.3) is 0 Å². The summed E-state index contributed by atoms with van der Waals surface area (Å²) in [4.78, 5) is 21.9. The molecule has 0 bridgehead atoms. The van der Waals surface area contributed by atoms with Crippen molar-refractivity contribution in [1.29, 1.82) is 0 Å². The number of anilines is 1. The second-order valence-electron chi connectivity index (χ2n) is 7.34. The van der Waals surface area contributed by atoms with Crippen LogP contribution in [0.15, 0.2) is 18.2 Å². The molecule has 1 fully saturated rings. The van der Waals surface area contributed by atoms with E-state index in [0.717, 1.165) is 11.3 Å². The fourth-order valence-corrected chi connectivity index (χ4v) is 4.08. The minimum absolute atomic E-state index is 0.228. The molecule has 0 radical (unpaired) electrons. The summed E-state index contributed by atoms with van der Waals surface area (Å²) in [5, 5.41) is 16.9. The van der Waals surface area contributed by atoms with Crippen LogP contribution in [0, 0.1) is 0 Å². The second-order valence-corrected chi connectivity index (χ2v) is 7.75. The zero-order valence-electron chi connectivity index (χ0n) is 18.3. The lowest BCUT2D eigenvalue weighted by Gasteiger charge is -2.32. The van der Waals surface area contributed by atoms with Crippen LogP contribution in [0.4, 0.5) is 5.82 Å². The Labute approximate surface area is 187 Å². The highest BCUT2D eigenvalue weighted by Gasteiger charge is 2.51. The number of methoxy groups -OCH3 is 1. The summed E-state index contributed by atoms with van der Waals surface area (Å²) >= 11 is 6.50. The van der Waals surface area contributed by atoms with Crippen molar-refractivity contribution < 1.29 is 19.4 Å². The topological polar surface area (TPSA) is 106 Å². The van der Waals surface area contributed by atoms with Crippen LogP contribution in [0.3, 0.4) is 0 Å². The number of carboxylic acid groups (broad SMARTS) is 1. The number of aliphatic carboxylic acids is 1. The first-order valence-corrected chi connectivity index (χ1v) is 10.8. The minimum Gasteiger partial charge on any atom is -0.497 e. The summed E-state index contributed by atoms with van der Waals surface area (Å²) in [6.07, 6.45) is 0.654. The fraction of sp³-hybridized carbons (Fsp3) is 0.500. The lowest BCUT2D eigenvalue weighted by Crippen LogP contribution is -2.57. The number of halogens is 1. The number of rotatable bonds is 9. The minimum atomic E-state index is -1.32. The maximum Gasteiger partial charge on any atom is 0.333 e. The van der Waals surface area contributed by atoms with Crippen LogP contribution in [0.25, 0.3) is 11.3 Å². The Morgan fingerprint density at radius 3 is 2.61 bits per heavy atom. The Balaban J connectivity index is 2.07. The highest BCUT2D eigenvalue weighted by Crippen LogP contribution is 2.34. The number of carbonyl (C=O) groups is 1. The molecule has 0 saturated carbocycles. The van der Waals surface area contributed by atoms with E-state index in [1.54, 1.807) is 13.2 Å². The van der Waals surface area contributed by atoms with Crippen LogP contribution >= 0.6 is 11.6 Å². The SMILES string of the molecule is CCO[C@H]1CNC[C@]1(Nc1nc(CC)c(-c2ccc(OC)cc2Cl)nc1CC)C(=O)O. The molecule has 9 heteroatoms. The van der Waals surface area contributed by atoms with Gasteiger partial charge in [0.05, 0.1) is 29.2 Å². The van der Waals surface area contributed by atoms with Gasteiger partial charge in [-0.2, -0.15) is 0 Å². The van der Waals surface area contributed by atoms with Crippen LogP contribution in [0.5, 0.6) is 5.75 Å². The van der Waals surface area contributed by atoms with Gasteiger partial charge in [0.15, 0.2) is 5.54 Å². The summed E-state index contributed by atoms with van der Waals surface area (Å²) in [5.41, 5.74) is 1.52. The van der Waals surface area contributed by atoms with Gasteiger partial charge in [-0.15, -0.1) is 0 Å². The molecule has 0 aliphatic carbocycles. The molecule has 1 aliphatic heterocycles. The van der Waals surface area contributed by atoms with Crippen LogP contribution < -0.4 is 15.4 Å². The third kappa shape index (κ3) is 4.46. The summed E-state index contributed by atoms with van der Waals surface area (Å²) in [7, 11) is 1.59. The number of nitrogens with zero attached hydrogens (tertiary/aromatic N) is 2. The number of carboxylic acids is 1. The Hall–Kier alpha value is -2.42. The standard InChI is InChI=1S/C22H29ClN4O4/c1-5-16-19(14-9-8-13(30-4)10-15(14)23)25-17(6-2)20(26-16)27-22(21(28)29)12-24-11-18(22)31-7-3/h8-10,18,24H,5-7,11-12H2,1-4H3,(H,26,27)(H,28,29)/t18-,22+/m0/s1. The molecule has 1 aromatic carbocycles. The molecule has 3 N–H and O–H groups in total. The molecule has 1 aliphatic rings. The van der Waals surface area contributed by atoms with E-state index in [9.17, 15) is 9.90 Å². The molecule has 8 nitrogen and oxygen atoms in total. The molecule has 0 spiro atoms. The first-order valence-electron chi connectivity index (χ1n) is 10.5. The molecule has 31 heavy (non-hydrogen) atoms. The van der Waals surface area contributed by atoms with Gasteiger partial charge in [0.2, 0.25) is 0 Å². The van der Waals surface area contributed by atoms with Gasteiger partial charge in [-0.05, 0) is 38.0 Å². The van der Waals surface area contributed by atoms with Crippen LogP contribution in [-0.2, 0) is 22.4 Å². The number of aromatic nitrogens is 2. The fourth-order valence-electron chi connectivity index (χ4n) is 3.82. The maximum absolute atomic E-state index is 12.3. The molecule has 2 atom stereocenters. The summed E-state index contributed by atoms with van der Waals surface area (Å²) < 4.78 is 11.0. The van der Waals surface area contributed by atoms with E-state index in [1.165, 1.54) is 0 Å². The lowest BCUT2D eigenvalue weighted by molar-refractivity contribution is -0.145. The molecule has 2 heterocycles. The number of aryl methyl sites for hydroxylation is 2. The second kappa shape index (κ2) is 9.80. The van der Waals surface area contributed by atoms with Gasteiger partial charge in [0, 0.05) is 25.3 Å². The number of hydrogen-bond acceptors (Lipinski definition) is 7. The lowest BCUT2D eigenvalue weighted by atomic mass is 9.95. The number of benzene rings is 1. The zero-order chi connectivity index (χ0) is 22.6. The average molecular weight is 449 g/mol. The highest BCUT2D eigenvalue weighted by molar-refractivity contribution is 6.33. The molecule has 168 valence electrons. The highest BCUT2D eigenvalue weighted by atomic mass is 35.5. The smallest absolute Gasteiger partial charge is 0.333 e. The van der Waals surface area contributed by atoms with Crippen LogP contribution in [-0.4, -0.2) is 59.5 Å². The quantitative estimate of drug-likeness (QED) is 0.537. The molecule has 1 saturated heterocycles. The Morgan fingerprint density at radius 2 is 2.03 bits per heavy atom. The largest absolute Gasteiger partial charge is 0.497 e. The van der Waals surface area contributed by atoms with Gasteiger partial charge in [-0.3, -0.25) is 0 Å². The van der Waals surface area contributed by atoms with Crippen molar-refractivity contribution in [1.82, 2.24) is 15.3 Å². The van der Waals surface area contributed by atoms with E-state index in [-0.39, 0.29) is 6.54 Å². The number of ether oxygens (including phenoxy) is 2. The van der Waals surface area contributed by atoms with Crippen molar-refractivity contribution in [2.45, 2.75) is 45.3 Å². The van der Waals surface area contributed by atoms with Crippen LogP contribution in [0.2, 0.25) is 5.02 Å². The molecule has 2 aromatic rings. The first-order chi connectivity index (χ1) is 14.9. The van der Waals surface area contributed by atoms with Crippen molar-refractivity contribution in [3.8, 4) is 17.0 Å². The summed E-state index contributed by atoms with van der Waals surface area (Å²) in [6, 6.07) is 5.43.